The highest BCUT2D eigenvalue weighted by Gasteiger charge is 2.35. The molecule has 0 radical (unpaired) electrons. The summed E-state index contributed by atoms with van der Waals surface area (Å²) in [4.78, 5) is 10.5. The van der Waals surface area contributed by atoms with Gasteiger partial charge in [-0.15, -0.1) is 0 Å². The standard InChI is InChI=1S/C22H34O6/c1-2-3-4-5-6-7-8-9-10-11-18(24)21-16-19(25)20(28-21)14-12-17(23)13-15-22(26)27/h3-4,6-7,9-10,12,14,17-21,23-25H,2,5,8,11,13,15-16H2,1H3,(H,26,27)/b4-3-,7-6-,10-9-,14-12+/t17-,18-,19+,20+,21-/m0/s1. The summed E-state index contributed by atoms with van der Waals surface area (Å²) in [7, 11) is 0. The fourth-order valence-electron chi connectivity index (χ4n) is 2.84. The summed E-state index contributed by atoms with van der Waals surface area (Å²) in [6, 6.07) is 0. The van der Waals surface area contributed by atoms with Crippen LogP contribution < -0.4 is 0 Å². The highest BCUT2D eigenvalue weighted by atomic mass is 16.5. The summed E-state index contributed by atoms with van der Waals surface area (Å²) < 4.78 is 5.67. The van der Waals surface area contributed by atoms with E-state index in [1.807, 2.05) is 12.2 Å². The van der Waals surface area contributed by atoms with Crippen molar-refractivity contribution in [2.45, 2.75) is 82.4 Å². The van der Waals surface area contributed by atoms with Gasteiger partial charge in [0.25, 0.3) is 0 Å². The molecule has 5 atom stereocenters. The average molecular weight is 395 g/mol. The van der Waals surface area contributed by atoms with Gasteiger partial charge in [-0.3, -0.25) is 4.79 Å². The number of aliphatic hydroxyl groups is 3. The van der Waals surface area contributed by atoms with Crippen LogP contribution in [-0.2, 0) is 9.53 Å². The van der Waals surface area contributed by atoms with Crippen molar-refractivity contribution in [3.63, 3.8) is 0 Å². The molecule has 1 fully saturated rings. The van der Waals surface area contributed by atoms with E-state index in [9.17, 15) is 20.1 Å². The Labute approximate surface area is 167 Å². The third-order valence-corrected chi connectivity index (χ3v) is 4.45. The van der Waals surface area contributed by atoms with E-state index in [1.54, 1.807) is 0 Å². The Hall–Kier alpha value is -1.73. The van der Waals surface area contributed by atoms with E-state index in [-0.39, 0.29) is 12.8 Å². The first-order valence-electron chi connectivity index (χ1n) is 9.98. The van der Waals surface area contributed by atoms with E-state index in [4.69, 9.17) is 9.84 Å². The molecule has 1 aliphatic rings. The number of carboxylic acids is 1. The number of allylic oxidation sites excluding steroid dienone is 5. The van der Waals surface area contributed by atoms with Crippen LogP contribution >= 0.6 is 0 Å². The monoisotopic (exact) mass is 394 g/mol. The SMILES string of the molecule is CC/C=C\C/C=C\C/C=C\C[C@H](O)[C@@H]1C[C@@H](O)[C@@H](/C=C/[C@H](O)CCC(=O)O)O1. The van der Waals surface area contributed by atoms with Crippen molar-refractivity contribution in [1.82, 2.24) is 0 Å². The molecule has 1 rings (SSSR count). The predicted molar refractivity (Wildman–Crippen MR) is 109 cm³/mol. The van der Waals surface area contributed by atoms with Crippen LogP contribution in [0.1, 0.15) is 51.9 Å². The lowest BCUT2D eigenvalue weighted by Gasteiger charge is -2.16. The third-order valence-electron chi connectivity index (χ3n) is 4.45. The Morgan fingerprint density at radius 1 is 1.11 bits per heavy atom. The molecular weight excluding hydrogens is 360 g/mol. The van der Waals surface area contributed by atoms with Gasteiger partial charge in [-0.25, -0.2) is 0 Å². The van der Waals surface area contributed by atoms with E-state index in [0.717, 1.165) is 19.3 Å². The predicted octanol–water partition coefficient (Wildman–Crippen LogP) is 2.90. The minimum Gasteiger partial charge on any atom is -0.481 e. The maximum atomic E-state index is 10.5. The van der Waals surface area contributed by atoms with Crippen LogP contribution in [0.25, 0.3) is 0 Å². The van der Waals surface area contributed by atoms with Gasteiger partial charge >= 0.3 is 5.97 Å². The molecule has 1 heterocycles. The number of hydrogen-bond acceptors (Lipinski definition) is 5. The van der Waals surface area contributed by atoms with Crippen LogP contribution in [0.5, 0.6) is 0 Å². The zero-order valence-corrected chi connectivity index (χ0v) is 16.6. The molecule has 0 aliphatic carbocycles. The van der Waals surface area contributed by atoms with Gasteiger partial charge in [0, 0.05) is 12.8 Å². The zero-order chi connectivity index (χ0) is 20.8. The normalized spacial score (nSPS) is 25.5. The van der Waals surface area contributed by atoms with Gasteiger partial charge in [-0.05, 0) is 32.1 Å². The summed E-state index contributed by atoms with van der Waals surface area (Å²) in [5.74, 6) is -0.968. The molecule has 1 aliphatic heterocycles. The maximum absolute atomic E-state index is 10.5. The largest absolute Gasteiger partial charge is 0.481 e. The van der Waals surface area contributed by atoms with Gasteiger partial charge in [0.05, 0.1) is 24.4 Å². The molecule has 0 aromatic carbocycles. The quantitative estimate of drug-likeness (QED) is 0.358. The molecular formula is C22H34O6. The topological polar surface area (TPSA) is 107 Å². The fraction of sp³-hybridized carbons (Fsp3) is 0.591. The Morgan fingerprint density at radius 3 is 2.39 bits per heavy atom. The Bertz CT molecular complexity index is 551. The van der Waals surface area contributed by atoms with E-state index in [0.29, 0.717) is 12.8 Å². The lowest BCUT2D eigenvalue weighted by Crippen LogP contribution is -2.25. The number of carbonyl (C=O) groups is 1. The molecule has 0 aromatic rings. The number of aliphatic hydroxyl groups excluding tert-OH is 3. The second-order valence-electron chi connectivity index (χ2n) is 6.92. The molecule has 28 heavy (non-hydrogen) atoms. The first-order valence-corrected chi connectivity index (χ1v) is 9.98. The second-order valence-corrected chi connectivity index (χ2v) is 6.92. The van der Waals surface area contributed by atoms with Crippen molar-refractivity contribution in [2.75, 3.05) is 0 Å². The summed E-state index contributed by atoms with van der Waals surface area (Å²) in [6.07, 6.45) is 15.4. The van der Waals surface area contributed by atoms with Gasteiger partial charge in [0.2, 0.25) is 0 Å². The summed E-state index contributed by atoms with van der Waals surface area (Å²) in [6.45, 7) is 2.10. The van der Waals surface area contributed by atoms with Gasteiger partial charge < -0.3 is 25.2 Å². The lowest BCUT2D eigenvalue weighted by molar-refractivity contribution is -0.137. The van der Waals surface area contributed by atoms with Crippen molar-refractivity contribution >= 4 is 5.97 Å². The van der Waals surface area contributed by atoms with Crippen molar-refractivity contribution in [3.05, 3.63) is 48.6 Å². The van der Waals surface area contributed by atoms with Gasteiger partial charge in [0.15, 0.2) is 0 Å². The smallest absolute Gasteiger partial charge is 0.303 e. The number of hydrogen-bond donors (Lipinski definition) is 4. The highest BCUT2D eigenvalue weighted by Crippen LogP contribution is 2.25. The Kier molecular flexibility index (Phi) is 12.4. The van der Waals surface area contributed by atoms with Crippen molar-refractivity contribution in [2.24, 2.45) is 0 Å². The van der Waals surface area contributed by atoms with E-state index in [1.165, 1.54) is 12.2 Å². The van der Waals surface area contributed by atoms with E-state index < -0.39 is 36.5 Å². The number of ether oxygens (including phenoxy) is 1. The molecule has 6 heteroatoms. The summed E-state index contributed by atoms with van der Waals surface area (Å²) in [5, 5.41) is 38.6. The summed E-state index contributed by atoms with van der Waals surface area (Å²) in [5.41, 5.74) is 0. The molecule has 0 spiro atoms. The lowest BCUT2D eigenvalue weighted by atomic mass is 10.0. The maximum Gasteiger partial charge on any atom is 0.303 e. The molecule has 6 nitrogen and oxygen atoms in total. The molecule has 0 saturated carbocycles. The molecule has 4 N–H and O–H groups in total. The van der Waals surface area contributed by atoms with E-state index >= 15 is 0 Å². The van der Waals surface area contributed by atoms with Crippen LogP contribution in [0.2, 0.25) is 0 Å². The van der Waals surface area contributed by atoms with Gasteiger partial charge in [0.1, 0.15) is 6.10 Å². The Balaban J connectivity index is 2.31. The number of aliphatic carboxylic acids is 1. The molecule has 0 aromatic heterocycles. The van der Waals surface area contributed by atoms with Gasteiger partial charge in [-0.2, -0.15) is 0 Å². The molecule has 1 saturated heterocycles. The minimum atomic E-state index is -0.968. The van der Waals surface area contributed by atoms with Gasteiger partial charge in [-0.1, -0.05) is 55.5 Å². The molecule has 0 unspecified atom stereocenters. The molecule has 158 valence electrons. The zero-order valence-electron chi connectivity index (χ0n) is 16.6. The van der Waals surface area contributed by atoms with Crippen molar-refractivity contribution in [3.8, 4) is 0 Å². The fourth-order valence-corrected chi connectivity index (χ4v) is 2.84. The van der Waals surface area contributed by atoms with Crippen molar-refractivity contribution < 1.29 is 30.0 Å². The van der Waals surface area contributed by atoms with E-state index in [2.05, 4.69) is 31.2 Å². The van der Waals surface area contributed by atoms with Crippen molar-refractivity contribution in [1.29, 1.82) is 0 Å². The van der Waals surface area contributed by atoms with Crippen LogP contribution in [0.4, 0.5) is 0 Å². The minimum absolute atomic E-state index is 0.106. The molecule has 0 bridgehead atoms. The highest BCUT2D eigenvalue weighted by molar-refractivity contribution is 5.66. The van der Waals surface area contributed by atoms with Crippen LogP contribution in [0, 0.1) is 0 Å². The van der Waals surface area contributed by atoms with Crippen LogP contribution in [-0.4, -0.2) is 56.9 Å². The number of rotatable bonds is 13. The average Bonchev–Trinajstić information content (AvgIpc) is 3.04. The first-order chi connectivity index (χ1) is 13.4. The summed E-state index contributed by atoms with van der Waals surface area (Å²) >= 11 is 0. The Morgan fingerprint density at radius 2 is 1.75 bits per heavy atom. The first kappa shape index (κ1) is 24.3. The van der Waals surface area contributed by atoms with Crippen LogP contribution in [0.15, 0.2) is 48.6 Å². The second kappa shape index (κ2) is 14.3. The number of carboxylic acid groups (broad SMARTS) is 1. The molecule has 0 amide bonds. The van der Waals surface area contributed by atoms with Crippen LogP contribution in [0.3, 0.4) is 0 Å². The third kappa shape index (κ3) is 10.6.